The van der Waals surface area contributed by atoms with Crippen molar-refractivity contribution in [3.63, 3.8) is 0 Å². The van der Waals surface area contributed by atoms with Crippen LogP contribution >= 0.6 is 0 Å². The van der Waals surface area contributed by atoms with Gasteiger partial charge in [0.05, 0.1) is 18.6 Å². The zero-order valence-corrected chi connectivity index (χ0v) is 28.8. The summed E-state index contributed by atoms with van der Waals surface area (Å²) in [6.07, 6.45) is 4.32. The molecule has 1 atom stereocenters. The number of hydrogen-bond acceptors (Lipinski definition) is 6. The lowest BCUT2D eigenvalue weighted by Gasteiger charge is -2.24. The van der Waals surface area contributed by atoms with E-state index in [4.69, 9.17) is 14.5 Å². The third kappa shape index (κ3) is 7.78. The van der Waals surface area contributed by atoms with Crippen molar-refractivity contribution in [2.24, 2.45) is 13.0 Å². The summed E-state index contributed by atoms with van der Waals surface area (Å²) < 4.78 is 42.1. The number of benzene rings is 2. The first-order chi connectivity index (χ1) is 22.8. The number of carbonyl (C=O) groups is 2. The van der Waals surface area contributed by atoms with Crippen molar-refractivity contribution in [2.45, 2.75) is 91.6 Å². The second-order valence-corrected chi connectivity index (χ2v) is 13.7. The Morgan fingerprint density at radius 1 is 1.12 bits per heavy atom. The standard InChI is InChI=1S/C39H46F2N2O5/c1-7-26(13-10-25-11-14-27(40)15-12-25)34(44)17-16-28-19-32-36(30-20-33(41)37-29(23(30)2)9-8-18-47-37)31(24(3)42-38(32)43(28)6)21-35(45)48-22-39(4,5)46/h11-12,14-15,19-20,26,46H,7-10,13,16-18,21-22H2,1-6H3. The maximum atomic E-state index is 15.6. The molecule has 3 heterocycles. The average Bonchev–Trinajstić information content (AvgIpc) is 3.36. The molecule has 0 spiro atoms. The Bertz CT molecular complexity index is 1820. The second kappa shape index (κ2) is 14.6. The SMILES string of the molecule is CCC(CCc1ccc(F)cc1)C(=O)CCc1cc2c(-c3cc(F)c4c(c3C)CCCO4)c(CC(=O)OCC(C)(C)O)c(C)nc2n1C. The molecular weight excluding hydrogens is 614 g/mol. The van der Waals surface area contributed by atoms with Gasteiger partial charge in [0.15, 0.2) is 11.6 Å². The molecule has 0 fully saturated rings. The summed E-state index contributed by atoms with van der Waals surface area (Å²) in [5.41, 5.74) is 5.72. The van der Waals surface area contributed by atoms with E-state index >= 15 is 4.39 Å². The Balaban J connectivity index is 1.50. The maximum absolute atomic E-state index is 15.6. The van der Waals surface area contributed by atoms with Crippen molar-refractivity contribution < 1.29 is 33.0 Å². The van der Waals surface area contributed by atoms with Gasteiger partial charge in [0.25, 0.3) is 0 Å². The number of aliphatic hydroxyl groups is 1. The predicted octanol–water partition coefficient (Wildman–Crippen LogP) is 7.48. The quantitative estimate of drug-likeness (QED) is 0.150. The second-order valence-electron chi connectivity index (χ2n) is 13.7. The summed E-state index contributed by atoms with van der Waals surface area (Å²) in [5.74, 6) is -0.884. The molecule has 7 nitrogen and oxygen atoms in total. The first-order valence-electron chi connectivity index (χ1n) is 16.9. The average molecular weight is 661 g/mol. The highest BCUT2D eigenvalue weighted by Gasteiger charge is 2.27. The van der Waals surface area contributed by atoms with Gasteiger partial charge in [0.2, 0.25) is 0 Å². The van der Waals surface area contributed by atoms with Crippen LogP contribution in [0.15, 0.2) is 36.4 Å². The number of hydrogen-bond donors (Lipinski definition) is 1. The number of pyridine rings is 1. The Hall–Kier alpha value is -4.11. The summed E-state index contributed by atoms with van der Waals surface area (Å²) in [6.45, 7) is 9.24. The topological polar surface area (TPSA) is 90.7 Å². The molecule has 256 valence electrons. The zero-order chi connectivity index (χ0) is 34.7. The van der Waals surface area contributed by atoms with Crippen LogP contribution in [0.5, 0.6) is 5.75 Å². The van der Waals surface area contributed by atoms with Crippen LogP contribution in [0.25, 0.3) is 22.2 Å². The van der Waals surface area contributed by atoms with Crippen molar-refractivity contribution in [1.82, 2.24) is 9.55 Å². The number of esters is 1. The molecule has 1 aliphatic heterocycles. The third-order valence-electron chi connectivity index (χ3n) is 9.47. The van der Waals surface area contributed by atoms with Crippen LogP contribution in [0.4, 0.5) is 8.78 Å². The van der Waals surface area contributed by atoms with Gasteiger partial charge >= 0.3 is 5.97 Å². The number of rotatable bonds is 13. The van der Waals surface area contributed by atoms with E-state index < -0.39 is 17.4 Å². The van der Waals surface area contributed by atoms with Crippen LogP contribution in [0.3, 0.4) is 0 Å². The van der Waals surface area contributed by atoms with E-state index in [0.29, 0.717) is 66.7 Å². The summed E-state index contributed by atoms with van der Waals surface area (Å²) >= 11 is 0. The lowest BCUT2D eigenvalue weighted by atomic mass is 9.87. The van der Waals surface area contributed by atoms with Crippen molar-refractivity contribution in [3.8, 4) is 16.9 Å². The molecule has 0 radical (unpaired) electrons. The highest BCUT2D eigenvalue weighted by Crippen LogP contribution is 2.42. The van der Waals surface area contributed by atoms with Crippen molar-refractivity contribution in [3.05, 3.63) is 81.7 Å². The fourth-order valence-corrected chi connectivity index (χ4v) is 6.71. The largest absolute Gasteiger partial charge is 0.490 e. The van der Waals surface area contributed by atoms with Crippen LogP contribution in [-0.2, 0) is 47.1 Å². The number of carbonyl (C=O) groups excluding carboxylic acids is 2. The number of ether oxygens (including phenoxy) is 2. The van der Waals surface area contributed by atoms with Crippen LogP contribution < -0.4 is 4.74 Å². The highest BCUT2D eigenvalue weighted by atomic mass is 19.1. The molecule has 0 amide bonds. The molecule has 5 rings (SSSR count). The number of Topliss-reactive ketones (excluding diaryl/α,β-unsaturated/α-hetero) is 1. The number of aryl methyl sites for hydroxylation is 4. The monoisotopic (exact) mass is 660 g/mol. The minimum absolute atomic E-state index is 0.106. The molecule has 4 aromatic rings. The van der Waals surface area contributed by atoms with Gasteiger partial charge in [-0.3, -0.25) is 9.59 Å². The van der Waals surface area contributed by atoms with E-state index in [1.54, 1.807) is 26.0 Å². The van der Waals surface area contributed by atoms with Crippen LogP contribution in [0, 0.1) is 31.4 Å². The molecule has 0 saturated carbocycles. The number of ketones is 1. The number of halogens is 2. The van der Waals surface area contributed by atoms with E-state index in [0.717, 1.165) is 40.6 Å². The summed E-state index contributed by atoms with van der Waals surface area (Å²) in [4.78, 5) is 31.4. The van der Waals surface area contributed by atoms with Gasteiger partial charge in [-0.05, 0) is 118 Å². The first kappa shape index (κ1) is 35.2. The minimum Gasteiger partial charge on any atom is -0.490 e. The number of fused-ring (bicyclic) bond motifs is 2. The fraction of sp³-hybridized carbons (Fsp3) is 0.462. The van der Waals surface area contributed by atoms with E-state index in [1.807, 2.05) is 38.5 Å². The van der Waals surface area contributed by atoms with E-state index in [-0.39, 0.29) is 36.3 Å². The lowest BCUT2D eigenvalue weighted by Crippen LogP contribution is -2.28. The Morgan fingerprint density at radius 3 is 2.54 bits per heavy atom. The third-order valence-corrected chi connectivity index (χ3v) is 9.47. The molecule has 1 aliphatic rings. The number of nitrogens with zero attached hydrogens (tertiary/aromatic N) is 2. The Morgan fingerprint density at radius 2 is 1.85 bits per heavy atom. The summed E-state index contributed by atoms with van der Waals surface area (Å²) in [5, 5.41) is 10.9. The molecule has 9 heteroatoms. The molecule has 48 heavy (non-hydrogen) atoms. The normalized spacial score (nSPS) is 13.7. The van der Waals surface area contributed by atoms with Gasteiger partial charge in [0.1, 0.15) is 23.9 Å². The summed E-state index contributed by atoms with van der Waals surface area (Å²) in [7, 11) is 1.91. The molecule has 0 saturated heterocycles. The maximum Gasteiger partial charge on any atom is 0.310 e. The predicted molar refractivity (Wildman–Crippen MR) is 182 cm³/mol. The fourth-order valence-electron chi connectivity index (χ4n) is 6.71. The first-order valence-corrected chi connectivity index (χ1v) is 16.9. The van der Waals surface area contributed by atoms with Gasteiger partial charge < -0.3 is 19.1 Å². The summed E-state index contributed by atoms with van der Waals surface area (Å²) in [6, 6.07) is 9.91. The van der Waals surface area contributed by atoms with Gasteiger partial charge in [0, 0.05) is 41.7 Å². The van der Waals surface area contributed by atoms with Gasteiger partial charge in [-0.2, -0.15) is 0 Å². The van der Waals surface area contributed by atoms with Crippen molar-refractivity contribution in [2.75, 3.05) is 13.2 Å². The van der Waals surface area contributed by atoms with Gasteiger partial charge in [-0.25, -0.2) is 13.8 Å². The van der Waals surface area contributed by atoms with E-state index in [2.05, 4.69) is 0 Å². The van der Waals surface area contributed by atoms with Crippen molar-refractivity contribution >= 4 is 22.8 Å². The molecule has 2 aromatic carbocycles. The Kier molecular flexibility index (Phi) is 10.7. The zero-order valence-electron chi connectivity index (χ0n) is 28.8. The van der Waals surface area contributed by atoms with Crippen LogP contribution in [0.1, 0.15) is 80.1 Å². The molecule has 0 aliphatic carbocycles. The van der Waals surface area contributed by atoms with E-state index in [9.17, 15) is 19.1 Å². The molecule has 0 bridgehead atoms. The smallest absolute Gasteiger partial charge is 0.310 e. The molecule has 1 N–H and O–H groups in total. The lowest BCUT2D eigenvalue weighted by molar-refractivity contribution is -0.149. The van der Waals surface area contributed by atoms with Gasteiger partial charge in [-0.1, -0.05) is 19.1 Å². The van der Waals surface area contributed by atoms with Crippen LogP contribution in [0.2, 0.25) is 0 Å². The van der Waals surface area contributed by atoms with Crippen molar-refractivity contribution in [1.29, 1.82) is 0 Å². The van der Waals surface area contributed by atoms with E-state index in [1.165, 1.54) is 18.2 Å². The molecule has 1 unspecified atom stereocenters. The van der Waals surface area contributed by atoms with Gasteiger partial charge in [-0.15, -0.1) is 0 Å². The number of aromatic nitrogens is 2. The highest BCUT2D eigenvalue weighted by molar-refractivity contribution is 5.99. The molecule has 2 aromatic heterocycles. The Labute approximate surface area is 281 Å². The van der Waals surface area contributed by atoms with Crippen LogP contribution in [-0.4, -0.2) is 45.2 Å². The molecular formula is C39H46F2N2O5. The minimum atomic E-state index is -1.18.